The molecule has 0 radical (unpaired) electrons. The summed E-state index contributed by atoms with van der Waals surface area (Å²) in [4.78, 5) is 3.03. The van der Waals surface area contributed by atoms with E-state index in [4.69, 9.17) is 11.0 Å². The van der Waals surface area contributed by atoms with E-state index in [-0.39, 0.29) is 6.04 Å². The molecular formula is C10H13N3S. The SMILES string of the molecule is C[C@@H]1C[C@H](N)CN1c1ccsc1C#N. The van der Waals surface area contributed by atoms with Gasteiger partial charge in [0.25, 0.3) is 0 Å². The van der Waals surface area contributed by atoms with Gasteiger partial charge in [0.15, 0.2) is 0 Å². The van der Waals surface area contributed by atoms with Gasteiger partial charge in [-0.25, -0.2) is 0 Å². The molecule has 1 fully saturated rings. The summed E-state index contributed by atoms with van der Waals surface area (Å²) in [6.07, 6.45) is 1.01. The van der Waals surface area contributed by atoms with Crippen molar-refractivity contribution in [3.05, 3.63) is 16.3 Å². The molecule has 1 aromatic rings. The van der Waals surface area contributed by atoms with Gasteiger partial charge in [0.05, 0.1) is 5.69 Å². The van der Waals surface area contributed by atoms with Crippen molar-refractivity contribution in [1.29, 1.82) is 5.26 Å². The van der Waals surface area contributed by atoms with Crippen LogP contribution in [0.15, 0.2) is 11.4 Å². The fourth-order valence-corrected chi connectivity index (χ4v) is 2.71. The third-order valence-corrected chi connectivity index (χ3v) is 3.47. The number of nitrogens with two attached hydrogens (primary N) is 1. The average molecular weight is 207 g/mol. The van der Waals surface area contributed by atoms with Crippen molar-refractivity contribution in [2.75, 3.05) is 11.4 Å². The minimum Gasteiger partial charge on any atom is -0.365 e. The van der Waals surface area contributed by atoms with Gasteiger partial charge in [-0.3, -0.25) is 0 Å². The topological polar surface area (TPSA) is 53.0 Å². The van der Waals surface area contributed by atoms with Gasteiger partial charge in [0.1, 0.15) is 10.9 Å². The van der Waals surface area contributed by atoms with Gasteiger partial charge in [-0.1, -0.05) is 0 Å². The highest BCUT2D eigenvalue weighted by atomic mass is 32.1. The molecule has 14 heavy (non-hydrogen) atoms. The smallest absolute Gasteiger partial charge is 0.128 e. The van der Waals surface area contributed by atoms with Crippen LogP contribution in [-0.4, -0.2) is 18.6 Å². The summed E-state index contributed by atoms with van der Waals surface area (Å²) in [6.45, 7) is 3.03. The average Bonchev–Trinajstić information content (AvgIpc) is 2.71. The van der Waals surface area contributed by atoms with Gasteiger partial charge >= 0.3 is 0 Å². The quantitative estimate of drug-likeness (QED) is 0.760. The molecule has 0 bridgehead atoms. The molecule has 3 nitrogen and oxygen atoms in total. The van der Waals surface area contributed by atoms with Crippen LogP contribution in [0.25, 0.3) is 0 Å². The number of rotatable bonds is 1. The monoisotopic (exact) mass is 207 g/mol. The van der Waals surface area contributed by atoms with Crippen LogP contribution in [0.1, 0.15) is 18.2 Å². The fraction of sp³-hybridized carbons (Fsp3) is 0.500. The fourth-order valence-electron chi connectivity index (χ4n) is 2.02. The summed E-state index contributed by atoms with van der Waals surface area (Å²) in [6, 6.07) is 4.93. The van der Waals surface area contributed by atoms with Crippen LogP contribution in [0.4, 0.5) is 5.69 Å². The maximum Gasteiger partial charge on any atom is 0.128 e. The van der Waals surface area contributed by atoms with Crippen molar-refractivity contribution >= 4 is 17.0 Å². The maximum absolute atomic E-state index is 8.92. The summed E-state index contributed by atoms with van der Waals surface area (Å²) in [7, 11) is 0. The summed E-state index contributed by atoms with van der Waals surface area (Å²) >= 11 is 1.50. The first kappa shape index (κ1) is 9.50. The molecule has 0 aromatic carbocycles. The van der Waals surface area contributed by atoms with Gasteiger partial charge in [0.2, 0.25) is 0 Å². The first-order chi connectivity index (χ1) is 6.72. The number of hydrogen-bond donors (Lipinski definition) is 1. The van der Waals surface area contributed by atoms with E-state index in [1.165, 1.54) is 11.3 Å². The first-order valence-corrected chi connectivity index (χ1v) is 5.60. The van der Waals surface area contributed by atoms with E-state index >= 15 is 0 Å². The molecule has 4 heteroatoms. The number of nitriles is 1. The molecule has 1 aliphatic heterocycles. The second-order valence-electron chi connectivity index (χ2n) is 3.74. The largest absolute Gasteiger partial charge is 0.365 e. The van der Waals surface area contributed by atoms with Gasteiger partial charge < -0.3 is 10.6 Å². The Morgan fingerprint density at radius 2 is 2.50 bits per heavy atom. The van der Waals surface area contributed by atoms with Crippen LogP contribution >= 0.6 is 11.3 Å². The highest BCUT2D eigenvalue weighted by Crippen LogP contribution is 2.30. The molecule has 74 valence electrons. The molecule has 1 aromatic heterocycles. The summed E-state index contributed by atoms with van der Waals surface area (Å²) in [5.41, 5.74) is 6.95. The summed E-state index contributed by atoms with van der Waals surface area (Å²) in [5.74, 6) is 0. The molecular weight excluding hydrogens is 194 g/mol. The van der Waals surface area contributed by atoms with E-state index in [1.807, 2.05) is 11.4 Å². The van der Waals surface area contributed by atoms with Crippen molar-refractivity contribution < 1.29 is 0 Å². The Balaban J connectivity index is 2.28. The maximum atomic E-state index is 8.92. The molecule has 2 N–H and O–H groups in total. The van der Waals surface area contributed by atoms with Crippen molar-refractivity contribution in [2.45, 2.75) is 25.4 Å². The van der Waals surface area contributed by atoms with Crippen molar-refractivity contribution in [3.63, 3.8) is 0 Å². The standard InChI is InChI=1S/C10H13N3S/c1-7-4-8(12)6-13(7)9-2-3-14-10(9)5-11/h2-3,7-8H,4,6,12H2,1H3/t7-,8+/m1/s1. The van der Waals surface area contributed by atoms with Crippen molar-refractivity contribution in [2.24, 2.45) is 5.73 Å². The molecule has 1 aliphatic rings. The third-order valence-electron chi connectivity index (χ3n) is 2.66. The summed E-state index contributed by atoms with van der Waals surface area (Å²) in [5, 5.41) is 10.9. The number of anilines is 1. The molecule has 0 amide bonds. The van der Waals surface area contributed by atoms with Gasteiger partial charge in [-0.2, -0.15) is 5.26 Å². The van der Waals surface area contributed by atoms with Crippen molar-refractivity contribution in [3.8, 4) is 6.07 Å². The van der Waals surface area contributed by atoms with Crippen LogP contribution in [-0.2, 0) is 0 Å². The molecule has 2 atom stereocenters. The lowest BCUT2D eigenvalue weighted by Gasteiger charge is -2.22. The minimum absolute atomic E-state index is 0.247. The Labute approximate surface area is 87.7 Å². The van der Waals surface area contributed by atoms with Crippen LogP contribution in [0.2, 0.25) is 0 Å². The Morgan fingerprint density at radius 3 is 3.07 bits per heavy atom. The lowest BCUT2D eigenvalue weighted by atomic mass is 10.2. The molecule has 0 unspecified atom stereocenters. The predicted molar refractivity (Wildman–Crippen MR) is 58.4 cm³/mol. The van der Waals surface area contributed by atoms with Crippen LogP contribution in [0.3, 0.4) is 0 Å². The van der Waals surface area contributed by atoms with E-state index in [1.54, 1.807) is 0 Å². The second-order valence-corrected chi connectivity index (χ2v) is 4.66. The minimum atomic E-state index is 0.247. The molecule has 0 aliphatic carbocycles. The summed E-state index contributed by atoms with van der Waals surface area (Å²) < 4.78 is 0. The van der Waals surface area contributed by atoms with Crippen LogP contribution < -0.4 is 10.6 Å². The van der Waals surface area contributed by atoms with Gasteiger partial charge in [-0.05, 0) is 24.8 Å². The van der Waals surface area contributed by atoms with Crippen LogP contribution in [0, 0.1) is 11.3 Å². The molecule has 2 rings (SSSR count). The lowest BCUT2D eigenvalue weighted by molar-refractivity contribution is 0.690. The number of hydrogen-bond acceptors (Lipinski definition) is 4. The Hall–Kier alpha value is -1.05. The third kappa shape index (κ3) is 1.49. The zero-order valence-electron chi connectivity index (χ0n) is 8.10. The zero-order valence-corrected chi connectivity index (χ0v) is 8.92. The molecule has 0 saturated carbocycles. The normalized spacial score (nSPS) is 26.5. The Kier molecular flexibility index (Phi) is 2.44. The molecule has 0 spiro atoms. The second kappa shape index (κ2) is 3.60. The Bertz CT molecular complexity index is 366. The van der Waals surface area contributed by atoms with Crippen molar-refractivity contribution in [1.82, 2.24) is 0 Å². The van der Waals surface area contributed by atoms with E-state index in [0.717, 1.165) is 23.5 Å². The highest BCUT2D eigenvalue weighted by Gasteiger charge is 2.28. The Morgan fingerprint density at radius 1 is 1.71 bits per heavy atom. The molecule has 2 heterocycles. The predicted octanol–water partition coefficient (Wildman–Crippen LogP) is 1.55. The lowest BCUT2D eigenvalue weighted by Crippen LogP contribution is -2.29. The van der Waals surface area contributed by atoms with E-state index in [2.05, 4.69) is 17.9 Å². The van der Waals surface area contributed by atoms with E-state index in [9.17, 15) is 0 Å². The van der Waals surface area contributed by atoms with Gasteiger partial charge in [0, 0.05) is 18.6 Å². The zero-order chi connectivity index (χ0) is 10.1. The van der Waals surface area contributed by atoms with E-state index in [0.29, 0.717) is 6.04 Å². The molecule has 1 saturated heterocycles. The number of thiophene rings is 1. The van der Waals surface area contributed by atoms with Gasteiger partial charge in [-0.15, -0.1) is 11.3 Å². The first-order valence-electron chi connectivity index (χ1n) is 4.72. The number of nitrogens with zero attached hydrogens (tertiary/aromatic N) is 2. The highest BCUT2D eigenvalue weighted by molar-refractivity contribution is 7.11. The van der Waals surface area contributed by atoms with E-state index < -0.39 is 0 Å². The van der Waals surface area contributed by atoms with Crippen LogP contribution in [0.5, 0.6) is 0 Å².